The smallest absolute Gasteiger partial charge is 0.182 e. The highest BCUT2D eigenvalue weighted by Crippen LogP contribution is 2.34. The second kappa shape index (κ2) is 12.1. The molecule has 0 radical (unpaired) electrons. The van der Waals surface area contributed by atoms with E-state index in [4.69, 9.17) is 18.9 Å². The minimum absolute atomic E-state index is 0.228. The van der Waals surface area contributed by atoms with E-state index in [-0.39, 0.29) is 5.92 Å². The van der Waals surface area contributed by atoms with Crippen LogP contribution in [0.25, 0.3) is 6.08 Å². The van der Waals surface area contributed by atoms with Gasteiger partial charge < -0.3 is 23.8 Å². The fourth-order valence-electron chi connectivity index (χ4n) is 4.15. The van der Waals surface area contributed by atoms with Crippen molar-refractivity contribution < 1.29 is 28.5 Å². The van der Waals surface area contributed by atoms with Crippen LogP contribution in [0.3, 0.4) is 0 Å². The minimum atomic E-state index is 0.228. The molecule has 0 aromatic heterocycles. The summed E-state index contributed by atoms with van der Waals surface area (Å²) in [4.78, 5) is 25.0. The summed E-state index contributed by atoms with van der Waals surface area (Å²) in [5.41, 5.74) is 2.42. The Morgan fingerprint density at radius 1 is 0.853 bits per heavy atom. The highest BCUT2D eigenvalue weighted by atomic mass is 16.5. The summed E-state index contributed by atoms with van der Waals surface area (Å²) in [6.07, 6.45) is 4.77. The molecule has 0 unspecified atom stereocenters. The van der Waals surface area contributed by atoms with Gasteiger partial charge in [0.1, 0.15) is 6.29 Å². The van der Waals surface area contributed by atoms with Gasteiger partial charge in [-0.05, 0) is 68.7 Å². The van der Waals surface area contributed by atoms with E-state index in [2.05, 4.69) is 4.90 Å². The summed E-state index contributed by atoms with van der Waals surface area (Å²) in [6.45, 7) is 6.96. The van der Waals surface area contributed by atoms with E-state index >= 15 is 0 Å². The zero-order valence-electron chi connectivity index (χ0n) is 20.3. The van der Waals surface area contributed by atoms with Gasteiger partial charge in [0.25, 0.3) is 0 Å². The molecular weight excluding hydrogens is 434 g/mol. The molecular formula is C27H33NO6. The maximum Gasteiger partial charge on any atom is 0.182 e. The van der Waals surface area contributed by atoms with Crippen LogP contribution in [0.4, 0.5) is 0 Å². The topological polar surface area (TPSA) is 74.3 Å². The Morgan fingerprint density at radius 3 is 1.85 bits per heavy atom. The highest BCUT2D eigenvalue weighted by Gasteiger charge is 2.36. The number of ketones is 1. The van der Waals surface area contributed by atoms with Crippen molar-refractivity contribution in [3.63, 3.8) is 0 Å². The number of piperidine rings is 3. The molecule has 3 aliphatic heterocycles. The molecule has 2 bridgehead atoms. The molecule has 2 aromatic carbocycles. The van der Waals surface area contributed by atoms with E-state index in [0.29, 0.717) is 36.1 Å². The molecule has 5 rings (SSSR count). The predicted molar refractivity (Wildman–Crippen MR) is 131 cm³/mol. The van der Waals surface area contributed by atoms with Crippen LogP contribution in [0.15, 0.2) is 42.1 Å². The largest absolute Gasteiger partial charge is 0.493 e. The number of hydrogen-bond acceptors (Lipinski definition) is 7. The summed E-state index contributed by atoms with van der Waals surface area (Å²) < 4.78 is 21.2. The fraction of sp³-hybridized carbons (Fsp3) is 0.407. The average Bonchev–Trinajstić information content (AvgIpc) is 2.87. The molecule has 0 spiro atoms. The van der Waals surface area contributed by atoms with Crippen molar-refractivity contribution >= 4 is 18.1 Å². The second-order valence-electron chi connectivity index (χ2n) is 7.96. The number of aldehydes is 1. The first-order chi connectivity index (χ1) is 16.5. The van der Waals surface area contributed by atoms with Crippen molar-refractivity contribution in [1.29, 1.82) is 0 Å². The van der Waals surface area contributed by atoms with E-state index in [1.165, 1.54) is 0 Å². The van der Waals surface area contributed by atoms with E-state index < -0.39 is 0 Å². The summed E-state index contributed by atoms with van der Waals surface area (Å²) in [5, 5.41) is 0. The van der Waals surface area contributed by atoms with Crippen LogP contribution in [0.2, 0.25) is 0 Å². The Bertz CT molecular complexity index is 1020. The highest BCUT2D eigenvalue weighted by molar-refractivity contribution is 6.02. The molecule has 34 heavy (non-hydrogen) atoms. The van der Waals surface area contributed by atoms with Crippen LogP contribution >= 0.6 is 0 Å². The predicted octanol–water partition coefficient (Wildman–Crippen LogP) is 4.64. The number of Topliss-reactive ketones (excluding diaryl/α,β-unsaturated/α-hetero) is 1. The number of hydrogen-bond donors (Lipinski definition) is 0. The van der Waals surface area contributed by atoms with Crippen LogP contribution in [0, 0.1) is 5.92 Å². The van der Waals surface area contributed by atoms with Crippen molar-refractivity contribution in [2.45, 2.75) is 26.7 Å². The van der Waals surface area contributed by atoms with Gasteiger partial charge in [0.05, 0.1) is 33.1 Å². The van der Waals surface area contributed by atoms with Crippen LogP contribution in [-0.4, -0.2) is 57.5 Å². The minimum Gasteiger partial charge on any atom is -0.493 e. The van der Waals surface area contributed by atoms with E-state index in [1.807, 2.05) is 38.1 Å². The molecule has 7 nitrogen and oxygen atoms in total. The number of carbonyl (C=O) groups excluding carboxylic acids is 2. The first kappa shape index (κ1) is 25.1. The Labute approximate surface area is 201 Å². The summed E-state index contributed by atoms with van der Waals surface area (Å²) >= 11 is 0. The molecule has 0 N–H and O–H groups in total. The van der Waals surface area contributed by atoms with Crippen molar-refractivity contribution in [2.24, 2.45) is 5.92 Å². The number of benzene rings is 2. The van der Waals surface area contributed by atoms with Crippen molar-refractivity contribution in [1.82, 2.24) is 4.90 Å². The molecule has 182 valence electrons. The summed E-state index contributed by atoms with van der Waals surface area (Å²) in [7, 11) is 3.20. The number of methoxy groups -OCH3 is 2. The van der Waals surface area contributed by atoms with Crippen molar-refractivity contribution in [3.8, 4) is 23.0 Å². The average molecular weight is 468 g/mol. The van der Waals surface area contributed by atoms with E-state index in [0.717, 1.165) is 55.0 Å². The van der Waals surface area contributed by atoms with Crippen molar-refractivity contribution in [2.75, 3.05) is 40.5 Å². The van der Waals surface area contributed by atoms with Gasteiger partial charge in [-0.15, -0.1) is 0 Å². The third-order valence-electron chi connectivity index (χ3n) is 5.87. The zero-order chi connectivity index (χ0) is 24.5. The molecule has 7 heteroatoms. The van der Waals surface area contributed by atoms with Gasteiger partial charge in [0, 0.05) is 24.6 Å². The Kier molecular flexibility index (Phi) is 8.96. The quantitative estimate of drug-likeness (QED) is 0.414. The molecule has 3 aliphatic rings. The normalized spacial score (nSPS) is 16.1. The lowest BCUT2D eigenvalue weighted by molar-refractivity contribution is -0.125. The Balaban J connectivity index is 0.000000215. The van der Waals surface area contributed by atoms with Crippen LogP contribution in [0.1, 0.15) is 42.6 Å². The maximum atomic E-state index is 12.4. The molecule has 3 saturated heterocycles. The lowest BCUT2D eigenvalue weighted by Crippen LogP contribution is -2.45. The number of allylic oxidation sites excluding steroid dienone is 1. The third-order valence-corrected chi connectivity index (χ3v) is 5.87. The lowest BCUT2D eigenvalue weighted by Gasteiger charge is -2.41. The van der Waals surface area contributed by atoms with Gasteiger partial charge in [0.2, 0.25) is 0 Å². The van der Waals surface area contributed by atoms with Gasteiger partial charge in [-0.25, -0.2) is 0 Å². The Hall–Kier alpha value is -3.48. The van der Waals surface area contributed by atoms with Gasteiger partial charge in [-0.1, -0.05) is 6.07 Å². The summed E-state index contributed by atoms with van der Waals surface area (Å²) in [6, 6.07) is 10.9. The second-order valence-corrected chi connectivity index (χ2v) is 7.96. The number of fused-ring (bicyclic) bond motifs is 3. The molecule has 2 aromatic rings. The zero-order valence-corrected chi connectivity index (χ0v) is 20.3. The van der Waals surface area contributed by atoms with E-state index in [9.17, 15) is 9.59 Å². The van der Waals surface area contributed by atoms with E-state index in [1.54, 1.807) is 32.4 Å². The molecule has 3 heterocycles. The molecule has 3 fully saturated rings. The number of nitrogens with zero attached hydrogens (tertiary/aromatic N) is 1. The lowest BCUT2D eigenvalue weighted by atomic mass is 9.84. The standard InChI is InChI=1S/C17H21NO3.C10H12O3/c1-3-21-16-11-12(4-5-15(16)20-2)10-14-17(19)13-6-8-18(14)9-7-13;1-3-13-10-6-8(7-11)4-5-9(10)12-2/h4-5,10-11,13H,3,6-9H2,1-2H3;4-7H,3H2,1-2H3. The number of carbonyl (C=O) groups is 2. The molecule has 0 aliphatic carbocycles. The Morgan fingerprint density at radius 2 is 1.38 bits per heavy atom. The first-order valence-electron chi connectivity index (χ1n) is 11.6. The fourth-order valence-corrected chi connectivity index (χ4v) is 4.15. The maximum absolute atomic E-state index is 12.4. The first-order valence-corrected chi connectivity index (χ1v) is 11.6. The molecule has 0 atom stereocenters. The number of ether oxygens (including phenoxy) is 4. The van der Waals surface area contributed by atoms with Gasteiger partial charge >= 0.3 is 0 Å². The van der Waals surface area contributed by atoms with Gasteiger partial charge in [0.15, 0.2) is 28.8 Å². The van der Waals surface area contributed by atoms with Crippen LogP contribution in [0.5, 0.6) is 23.0 Å². The van der Waals surface area contributed by atoms with Gasteiger partial charge in [-0.2, -0.15) is 0 Å². The summed E-state index contributed by atoms with van der Waals surface area (Å²) in [5.74, 6) is 3.21. The van der Waals surface area contributed by atoms with Crippen LogP contribution < -0.4 is 18.9 Å². The SMILES string of the molecule is CCOc1cc(C=C2C(=O)C3CCN2CC3)ccc1OC.CCOc1cc(C=O)ccc1OC. The van der Waals surface area contributed by atoms with Crippen molar-refractivity contribution in [3.05, 3.63) is 53.2 Å². The monoisotopic (exact) mass is 467 g/mol. The van der Waals surface area contributed by atoms with Crippen LogP contribution in [-0.2, 0) is 4.79 Å². The molecule has 0 saturated carbocycles. The third kappa shape index (κ3) is 5.90. The molecule has 0 amide bonds. The number of rotatable bonds is 8. The van der Waals surface area contributed by atoms with Gasteiger partial charge in [-0.3, -0.25) is 9.59 Å².